The zero-order chi connectivity index (χ0) is 21.3. The lowest BCUT2D eigenvalue weighted by molar-refractivity contribution is -0.150. The van der Waals surface area contributed by atoms with Gasteiger partial charge in [0.25, 0.3) is 0 Å². The average Bonchev–Trinajstić information content (AvgIpc) is 2.63. The van der Waals surface area contributed by atoms with Crippen LogP contribution in [0.15, 0.2) is 0 Å². The molecule has 0 fully saturated rings. The zero-order valence-corrected chi connectivity index (χ0v) is 18.5. The minimum Gasteiger partial charge on any atom is -0.466 e. The van der Waals surface area contributed by atoms with E-state index in [9.17, 15) is 23.9 Å². The van der Waals surface area contributed by atoms with Crippen LogP contribution < -0.4 is 0 Å². The molecule has 0 spiro atoms. The summed E-state index contributed by atoms with van der Waals surface area (Å²) in [5.41, 5.74) is -1.79. The predicted octanol–water partition coefficient (Wildman–Crippen LogP) is 4.73. The van der Waals surface area contributed by atoms with Gasteiger partial charge in [0.2, 0.25) is 0 Å². The highest BCUT2D eigenvalue weighted by molar-refractivity contribution is 7.53. The maximum absolute atomic E-state index is 12.0. The van der Waals surface area contributed by atoms with E-state index < -0.39 is 31.6 Å². The highest BCUT2D eigenvalue weighted by Crippen LogP contribution is 2.43. The van der Waals surface area contributed by atoms with Crippen molar-refractivity contribution in [3.8, 4) is 0 Å². The Morgan fingerprint density at radius 2 is 1.18 bits per heavy atom. The highest BCUT2D eigenvalue weighted by atomic mass is 31.2. The molecule has 0 aliphatic heterocycles. The number of hydrogen-bond acceptors (Lipinski definition) is 5. The normalized spacial score (nSPS) is 12.6. The number of hydrogen-bond donors (Lipinski definition) is 2. The Kier molecular flexibility index (Phi) is 16.4. The molecule has 1 unspecified atom stereocenters. The van der Waals surface area contributed by atoms with E-state index in [0.29, 0.717) is 12.8 Å². The largest absolute Gasteiger partial charge is 0.466 e. The smallest absolute Gasteiger partial charge is 0.340 e. The van der Waals surface area contributed by atoms with Crippen LogP contribution in [-0.2, 0) is 23.6 Å². The third kappa shape index (κ3) is 15.1. The molecule has 0 radical (unpaired) electrons. The molecule has 0 aliphatic rings. The molecule has 0 rings (SSSR count). The number of ether oxygens (including phenoxy) is 2. The first-order valence-corrected chi connectivity index (χ1v) is 12.4. The maximum Gasteiger partial charge on any atom is 0.340 e. The summed E-state index contributed by atoms with van der Waals surface area (Å²) in [6, 6.07) is 0. The van der Waals surface area contributed by atoms with E-state index in [1.54, 1.807) is 0 Å². The second-order valence-corrected chi connectivity index (χ2v) is 9.03. The molecule has 0 bridgehead atoms. The minimum atomic E-state index is -4.79. The number of carbonyl (C=O) groups is 2. The van der Waals surface area contributed by atoms with E-state index in [1.807, 2.05) is 0 Å². The Bertz CT molecular complexity index is 461. The fraction of sp³-hybridized carbons (Fsp3) is 0.900. The molecule has 0 saturated heterocycles. The molecule has 0 amide bonds. The quantitative estimate of drug-likeness (QED) is 0.187. The van der Waals surface area contributed by atoms with Crippen molar-refractivity contribution in [3.05, 3.63) is 0 Å². The number of rotatable bonds is 18. The number of carbonyl (C=O) groups excluding carboxylic acids is 2. The molecule has 28 heavy (non-hydrogen) atoms. The van der Waals surface area contributed by atoms with Crippen LogP contribution in [0.4, 0.5) is 0 Å². The first-order valence-electron chi connectivity index (χ1n) is 10.7. The van der Waals surface area contributed by atoms with Crippen molar-refractivity contribution in [2.45, 2.75) is 103 Å². The van der Waals surface area contributed by atoms with Gasteiger partial charge in [-0.3, -0.25) is 14.2 Å². The highest BCUT2D eigenvalue weighted by Gasteiger charge is 2.39. The molecule has 1 atom stereocenters. The first kappa shape index (κ1) is 27.1. The van der Waals surface area contributed by atoms with Gasteiger partial charge in [-0.05, 0) is 12.8 Å². The van der Waals surface area contributed by atoms with Gasteiger partial charge in [-0.15, -0.1) is 0 Å². The second-order valence-electron chi connectivity index (χ2n) is 7.23. The lowest BCUT2D eigenvalue weighted by Gasteiger charge is -2.16. The van der Waals surface area contributed by atoms with Crippen LogP contribution in [0.2, 0.25) is 0 Å². The molecule has 0 saturated carbocycles. The molecule has 0 aromatic rings. The molecule has 0 aliphatic carbocycles. The summed E-state index contributed by atoms with van der Waals surface area (Å²) in [7, 11) is -4.79. The van der Waals surface area contributed by atoms with Crippen molar-refractivity contribution >= 4 is 19.5 Å². The molecule has 0 aromatic carbocycles. The molecule has 0 heterocycles. The second kappa shape index (κ2) is 17.0. The van der Waals surface area contributed by atoms with Gasteiger partial charge in [0.1, 0.15) is 0 Å². The zero-order valence-electron chi connectivity index (χ0n) is 17.6. The van der Waals surface area contributed by atoms with E-state index in [-0.39, 0.29) is 13.2 Å². The fourth-order valence-corrected chi connectivity index (χ4v) is 3.51. The van der Waals surface area contributed by atoms with Crippen molar-refractivity contribution in [2.75, 3.05) is 13.2 Å². The Labute approximate surface area is 169 Å². The maximum atomic E-state index is 12.0. The van der Waals surface area contributed by atoms with E-state index in [1.165, 1.54) is 12.8 Å². The standard InChI is InChI=1S/C20H39O7P/c1-3-5-7-9-11-13-15-26-19(21)17-18(28(23,24)25)20(22)27-16-14-12-10-8-6-4-2/h18H,3-17H2,1-2H3,(H2,23,24,25). The van der Waals surface area contributed by atoms with Crippen LogP contribution in [0, 0.1) is 0 Å². The third-order valence-electron chi connectivity index (χ3n) is 4.54. The van der Waals surface area contributed by atoms with Crippen molar-refractivity contribution in [1.82, 2.24) is 0 Å². The SMILES string of the molecule is CCCCCCCCOC(=O)CC(C(=O)OCCCCCCCC)P(=O)(O)O. The average molecular weight is 422 g/mol. The van der Waals surface area contributed by atoms with Gasteiger partial charge in [-0.2, -0.15) is 0 Å². The van der Waals surface area contributed by atoms with Gasteiger partial charge in [-0.1, -0.05) is 78.1 Å². The van der Waals surface area contributed by atoms with E-state index in [4.69, 9.17) is 9.47 Å². The summed E-state index contributed by atoms with van der Waals surface area (Å²) in [5.74, 6) is -1.81. The Hall–Kier alpha value is -0.910. The lowest BCUT2D eigenvalue weighted by Crippen LogP contribution is -2.28. The van der Waals surface area contributed by atoms with Crippen LogP contribution in [0.1, 0.15) is 97.3 Å². The van der Waals surface area contributed by atoms with E-state index >= 15 is 0 Å². The summed E-state index contributed by atoms with van der Waals surface area (Å²) in [5, 5.41) is 0. The Morgan fingerprint density at radius 1 is 0.750 bits per heavy atom. The summed E-state index contributed by atoms with van der Waals surface area (Å²) >= 11 is 0. The molecule has 166 valence electrons. The fourth-order valence-electron chi connectivity index (χ4n) is 2.78. The molecule has 7 nitrogen and oxygen atoms in total. The van der Waals surface area contributed by atoms with E-state index in [2.05, 4.69) is 13.8 Å². The van der Waals surface area contributed by atoms with E-state index in [0.717, 1.165) is 51.4 Å². The van der Waals surface area contributed by atoms with Gasteiger partial charge in [-0.25, -0.2) is 0 Å². The van der Waals surface area contributed by atoms with Gasteiger partial charge in [0.15, 0.2) is 5.66 Å². The number of esters is 2. The minimum absolute atomic E-state index is 0.105. The van der Waals surface area contributed by atoms with Crippen LogP contribution >= 0.6 is 7.60 Å². The van der Waals surface area contributed by atoms with Crippen LogP contribution in [0.5, 0.6) is 0 Å². The summed E-state index contributed by atoms with van der Waals surface area (Å²) in [6.45, 7) is 4.57. The van der Waals surface area contributed by atoms with Crippen molar-refractivity contribution in [3.63, 3.8) is 0 Å². The van der Waals surface area contributed by atoms with Crippen LogP contribution in [0.25, 0.3) is 0 Å². The van der Waals surface area contributed by atoms with Crippen molar-refractivity contribution < 1.29 is 33.4 Å². The Balaban J connectivity index is 4.13. The van der Waals surface area contributed by atoms with Gasteiger partial charge in [0.05, 0.1) is 19.6 Å². The monoisotopic (exact) mass is 422 g/mol. The molecule has 2 N–H and O–H groups in total. The van der Waals surface area contributed by atoms with Gasteiger partial charge < -0.3 is 19.3 Å². The molecular weight excluding hydrogens is 383 g/mol. The number of unbranched alkanes of at least 4 members (excludes halogenated alkanes) is 10. The molecule has 8 heteroatoms. The van der Waals surface area contributed by atoms with Crippen LogP contribution in [-0.4, -0.2) is 40.6 Å². The van der Waals surface area contributed by atoms with Gasteiger partial charge in [0, 0.05) is 0 Å². The topological polar surface area (TPSA) is 110 Å². The molecule has 0 aromatic heterocycles. The first-order chi connectivity index (χ1) is 13.3. The van der Waals surface area contributed by atoms with Crippen LogP contribution in [0.3, 0.4) is 0 Å². The van der Waals surface area contributed by atoms with Crippen molar-refractivity contribution in [2.24, 2.45) is 0 Å². The lowest BCUT2D eigenvalue weighted by atomic mass is 10.1. The van der Waals surface area contributed by atoms with Gasteiger partial charge >= 0.3 is 19.5 Å². The van der Waals surface area contributed by atoms with Crippen molar-refractivity contribution in [1.29, 1.82) is 0 Å². The summed E-state index contributed by atoms with van der Waals surface area (Å²) in [4.78, 5) is 42.6. The predicted molar refractivity (Wildman–Crippen MR) is 109 cm³/mol. The summed E-state index contributed by atoms with van der Waals surface area (Å²) < 4.78 is 21.6. The summed E-state index contributed by atoms with van der Waals surface area (Å²) in [6.07, 6.45) is 11.6. The molecular formula is C20H39O7P. The third-order valence-corrected chi connectivity index (χ3v) is 5.75. The Morgan fingerprint density at radius 3 is 1.64 bits per heavy atom.